The molecule has 2 aromatic heterocycles. The van der Waals surface area contributed by atoms with Crippen LogP contribution in [-0.2, 0) is 12.8 Å². The molecule has 0 radical (unpaired) electrons. The van der Waals surface area contributed by atoms with E-state index in [9.17, 15) is 0 Å². The molecule has 0 aliphatic heterocycles. The van der Waals surface area contributed by atoms with Gasteiger partial charge in [0.15, 0.2) is 0 Å². The zero-order valence-electron chi connectivity index (χ0n) is 8.27. The number of hydrogen-bond donors (Lipinski definition) is 0. The van der Waals surface area contributed by atoms with E-state index in [-0.39, 0.29) is 0 Å². The summed E-state index contributed by atoms with van der Waals surface area (Å²) < 4.78 is 2.13. The maximum atomic E-state index is 4.54. The second-order valence-corrected chi connectivity index (χ2v) is 4.14. The van der Waals surface area contributed by atoms with Crippen LogP contribution in [-0.4, -0.2) is 14.4 Å². The summed E-state index contributed by atoms with van der Waals surface area (Å²) >= 11 is 0. The first-order valence-corrected chi connectivity index (χ1v) is 5.15. The third-order valence-electron chi connectivity index (χ3n) is 3.00. The minimum Gasteiger partial charge on any atom is -0.288 e. The Labute approximate surface area is 82.8 Å². The molecule has 1 aliphatic rings. The average molecular weight is 187 g/mol. The number of nitrogens with zero attached hydrogens (tertiary/aromatic N) is 3. The van der Waals surface area contributed by atoms with Crippen LogP contribution in [0.1, 0.15) is 24.7 Å². The van der Waals surface area contributed by atoms with Crippen molar-refractivity contribution in [2.45, 2.75) is 26.2 Å². The van der Waals surface area contributed by atoms with Crippen LogP contribution >= 0.6 is 0 Å². The van der Waals surface area contributed by atoms with E-state index in [1.807, 2.05) is 6.07 Å². The van der Waals surface area contributed by atoms with Crippen LogP contribution in [0.5, 0.6) is 0 Å². The van der Waals surface area contributed by atoms with Crippen LogP contribution in [0.25, 0.3) is 5.78 Å². The van der Waals surface area contributed by atoms with E-state index >= 15 is 0 Å². The molecule has 0 saturated carbocycles. The Bertz CT molecular complexity index is 472. The van der Waals surface area contributed by atoms with Gasteiger partial charge in [0, 0.05) is 18.1 Å². The van der Waals surface area contributed by atoms with Crippen molar-refractivity contribution in [3.05, 3.63) is 29.8 Å². The van der Waals surface area contributed by atoms with Crippen molar-refractivity contribution in [3.8, 4) is 0 Å². The second kappa shape index (κ2) is 2.80. The van der Waals surface area contributed by atoms with E-state index in [2.05, 4.69) is 27.5 Å². The molecule has 0 aromatic carbocycles. The summed E-state index contributed by atoms with van der Waals surface area (Å²) in [5, 5.41) is 0. The van der Waals surface area contributed by atoms with E-state index in [1.54, 1.807) is 6.20 Å². The quantitative estimate of drug-likeness (QED) is 0.630. The molecule has 2 aromatic rings. The number of imidazole rings is 1. The van der Waals surface area contributed by atoms with Crippen molar-refractivity contribution in [2.24, 2.45) is 5.92 Å². The highest BCUT2D eigenvalue weighted by molar-refractivity contribution is 5.36. The van der Waals surface area contributed by atoms with Gasteiger partial charge in [-0.05, 0) is 31.2 Å². The average Bonchev–Trinajstić information content (AvgIpc) is 2.56. The molecule has 0 fully saturated rings. The molecule has 2 heterocycles. The normalized spacial score (nSPS) is 21.1. The molecule has 1 atom stereocenters. The predicted octanol–water partition coefficient (Wildman–Crippen LogP) is 1.85. The number of rotatable bonds is 0. The summed E-state index contributed by atoms with van der Waals surface area (Å²) in [6.07, 6.45) is 7.38. The molecule has 1 aliphatic carbocycles. The van der Waals surface area contributed by atoms with E-state index in [1.165, 1.54) is 17.8 Å². The molecule has 3 heteroatoms. The highest BCUT2D eigenvalue weighted by Gasteiger charge is 2.20. The predicted molar refractivity (Wildman–Crippen MR) is 54.2 cm³/mol. The van der Waals surface area contributed by atoms with Crippen molar-refractivity contribution in [2.75, 3.05) is 0 Å². The zero-order valence-corrected chi connectivity index (χ0v) is 8.27. The first-order valence-electron chi connectivity index (χ1n) is 5.15. The van der Waals surface area contributed by atoms with Crippen LogP contribution in [0.2, 0.25) is 0 Å². The summed E-state index contributed by atoms with van der Waals surface area (Å²) in [7, 11) is 0. The summed E-state index contributed by atoms with van der Waals surface area (Å²) in [4.78, 5) is 8.80. The van der Waals surface area contributed by atoms with Crippen molar-refractivity contribution in [3.63, 3.8) is 0 Å². The van der Waals surface area contributed by atoms with Gasteiger partial charge in [-0.2, -0.15) is 0 Å². The fraction of sp³-hybridized carbons (Fsp3) is 0.455. The number of hydrogen-bond acceptors (Lipinski definition) is 2. The zero-order chi connectivity index (χ0) is 9.54. The lowest BCUT2D eigenvalue weighted by atomic mass is 9.91. The van der Waals surface area contributed by atoms with Gasteiger partial charge >= 0.3 is 0 Å². The van der Waals surface area contributed by atoms with Gasteiger partial charge < -0.3 is 0 Å². The molecule has 3 nitrogen and oxygen atoms in total. The van der Waals surface area contributed by atoms with Crippen LogP contribution in [0.4, 0.5) is 0 Å². The summed E-state index contributed by atoms with van der Waals surface area (Å²) in [5.41, 5.74) is 2.62. The van der Waals surface area contributed by atoms with Gasteiger partial charge in [-0.3, -0.25) is 4.40 Å². The van der Waals surface area contributed by atoms with E-state index < -0.39 is 0 Å². The van der Waals surface area contributed by atoms with E-state index in [0.717, 1.165) is 24.5 Å². The Morgan fingerprint density at radius 3 is 3.36 bits per heavy atom. The van der Waals surface area contributed by atoms with Gasteiger partial charge in [0.05, 0.1) is 5.69 Å². The van der Waals surface area contributed by atoms with Crippen molar-refractivity contribution >= 4 is 5.78 Å². The minimum absolute atomic E-state index is 0.780. The highest BCUT2D eigenvalue weighted by atomic mass is 15.1. The molecule has 0 bridgehead atoms. The smallest absolute Gasteiger partial charge is 0.234 e. The van der Waals surface area contributed by atoms with Gasteiger partial charge in [0.1, 0.15) is 0 Å². The van der Waals surface area contributed by atoms with Crippen LogP contribution in [0.15, 0.2) is 18.5 Å². The van der Waals surface area contributed by atoms with Gasteiger partial charge in [-0.1, -0.05) is 6.92 Å². The van der Waals surface area contributed by atoms with Crippen LogP contribution < -0.4 is 0 Å². The molecule has 14 heavy (non-hydrogen) atoms. The number of aromatic nitrogens is 3. The lowest BCUT2D eigenvalue weighted by molar-refractivity contribution is 0.488. The molecule has 1 unspecified atom stereocenters. The van der Waals surface area contributed by atoms with E-state index in [0.29, 0.717) is 0 Å². The molecule has 0 N–H and O–H groups in total. The fourth-order valence-electron chi connectivity index (χ4n) is 2.21. The largest absolute Gasteiger partial charge is 0.288 e. The molecule has 0 saturated heterocycles. The van der Waals surface area contributed by atoms with E-state index in [4.69, 9.17) is 0 Å². The lowest BCUT2D eigenvalue weighted by Crippen LogP contribution is -2.12. The fourth-order valence-corrected chi connectivity index (χ4v) is 2.21. The maximum Gasteiger partial charge on any atom is 0.234 e. The SMILES string of the molecule is CC1CCc2nc3ncccn3c2C1. The molecule has 72 valence electrons. The van der Waals surface area contributed by atoms with Crippen molar-refractivity contribution in [1.82, 2.24) is 14.4 Å². The molecular formula is C11H13N3. The Balaban J connectivity index is 2.25. The number of fused-ring (bicyclic) bond motifs is 3. The first kappa shape index (κ1) is 7.97. The van der Waals surface area contributed by atoms with Gasteiger partial charge in [-0.15, -0.1) is 0 Å². The lowest BCUT2D eigenvalue weighted by Gasteiger charge is -2.17. The van der Waals surface area contributed by atoms with Gasteiger partial charge in [0.2, 0.25) is 5.78 Å². The Hall–Kier alpha value is -1.38. The van der Waals surface area contributed by atoms with Gasteiger partial charge in [-0.25, -0.2) is 9.97 Å². The topological polar surface area (TPSA) is 30.2 Å². The van der Waals surface area contributed by atoms with Crippen LogP contribution in [0.3, 0.4) is 0 Å². The highest BCUT2D eigenvalue weighted by Crippen LogP contribution is 2.24. The molecule has 3 rings (SSSR count). The Morgan fingerprint density at radius 2 is 2.43 bits per heavy atom. The molecule has 0 spiro atoms. The molecule has 0 amide bonds. The standard InChI is InChI=1S/C11H13N3/c1-8-3-4-9-10(7-8)14-6-2-5-12-11(14)13-9/h2,5-6,8H,3-4,7H2,1H3. The third-order valence-corrected chi connectivity index (χ3v) is 3.00. The Kier molecular flexibility index (Phi) is 1.60. The summed E-state index contributed by atoms with van der Waals surface area (Å²) in [5.74, 6) is 1.63. The second-order valence-electron chi connectivity index (χ2n) is 4.14. The summed E-state index contributed by atoms with van der Waals surface area (Å²) in [6, 6.07) is 1.97. The first-order chi connectivity index (χ1) is 6.84. The third kappa shape index (κ3) is 1.05. The van der Waals surface area contributed by atoms with Crippen LogP contribution in [0, 0.1) is 5.92 Å². The van der Waals surface area contributed by atoms with Crippen molar-refractivity contribution in [1.29, 1.82) is 0 Å². The number of aryl methyl sites for hydroxylation is 1. The maximum absolute atomic E-state index is 4.54. The molecular weight excluding hydrogens is 174 g/mol. The minimum atomic E-state index is 0.780. The summed E-state index contributed by atoms with van der Waals surface area (Å²) in [6.45, 7) is 2.30. The van der Waals surface area contributed by atoms with Crippen molar-refractivity contribution < 1.29 is 0 Å². The monoisotopic (exact) mass is 187 g/mol. The van der Waals surface area contributed by atoms with Gasteiger partial charge in [0.25, 0.3) is 0 Å². The Morgan fingerprint density at radius 1 is 1.50 bits per heavy atom.